The molecule has 0 saturated heterocycles. The highest BCUT2D eigenvalue weighted by atomic mass is 16.3. The number of anilines is 1. The molecule has 3 rings (SSSR count). The first-order valence-corrected chi connectivity index (χ1v) is 6.73. The van der Waals surface area contributed by atoms with Crippen molar-refractivity contribution in [1.29, 1.82) is 0 Å². The Kier molecular flexibility index (Phi) is 3.11. The molecule has 0 atom stereocenters. The lowest BCUT2D eigenvalue weighted by atomic mass is 10.1. The van der Waals surface area contributed by atoms with E-state index in [0.717, 1.165) is 28.9 Å². The van der Waals surface area contributed by atoms with Gasteiger partial charge in [-0.1, -0.05) is 12.1 Å². The van der Waals surface area contributed by atoms with Gasteiger partial charge >= 0.3 is 0 Å². The molecule has 0 amide bonds. The van der Waals surface area contributed by atoms with E-state index in [0.29, 0.717) is 5.75 Å². The topological polar surface area (TPSA) is 48.0 Å². The number of aromatic nitrogens is 1. The van der Waals surface area contributed by atoms with E-state index >= 15 is 0 Å². The summed E-state index contributed by atoms with van der Waals surface area (Å²) in [5, 5.41) is 14.4. The van der Waals surface area contributed by atoms with Crippen LogP contribution in [0.5, 0.6) is 5.75 Å². The average Bonchev–Trinajstić information content (AvgIpc) is 2.89. The SMILES string of the molecule is Cc1cc(CNc2ccc3[nH]ccc3c2)cc(C)c1O. The first-order chi connectivity index (χ1) is 9.63. The van der Waals surface area contributed by atoms with Gasteiger partial charge in [0.05, 0.1) is 0 Å². The molecule has 0 aliphatic carbocycles. The summed E-state index contributed by atoms with van der Waals surface area (Å²) in [5.41, 5.74) is 5.25. The highest BCUT2D eigenvalue weighted by molar-refractivity contribution is 5.82. The normalized spacial score (nSPS) is 10.9. The van der Waals surface area contributed by atoms with Crippen LogP contribution in [-0.2, 0) is 6.54 Å². The molecule has 0 radical (unpaired) electrons. The van der Waals surface area contributed by atoms with Crippen molar-refractivity contribution in [2.24, 2.45) is 0 Å². The lowest BCUT2D eigenvalue weighted by Crippen LogP contribution is -2.00. The predicted molar refractivity (Wildman–Crippen MR) is 83.2 cm³/mol. The molecule has 1 aromatic heterocycles. The van der Waals surface area contributed by atoms with Gasteiger partial charge in [-0.05, 0) is 54.8 Å². The molecule has 3 aromatic rings. The first kappa shape index (κ1) is 12.6. The van der Waals surface area contributed by atoms with Gasteiger partial charge in [0.15, 0.2) is 0 Å². The predicted octanol–water partition coefficient (Wildman–Crippen LogP) is 4.10. The number of nitrogens with one attached hydrogen (secondary N) is 2. The number of rotatable bonds is 3. The van der Waals surface area contributed by atoms with Crippen molar-refractivity contribution in [3.63, 3.8) is 0 Å². The molecule has 0 spiro atoms. The van der Waals surface area contributed by atoms with E-state index < -0.39 is 0 Å². The lowest BCUT2D eigenvalue weighted by molar-refractivity contribution is 0.466. The molecular formula is C17H18N2O. The van der Waals surface area contributed by atoms with Crippen molar-refractivity contribution < 1.29 is 5.11 Å². The first-order valence-electron chi connectivity index (χ1n) is 6.73. The molecule has 0 unspecified atom stereocenters. The van der Waals surface area contributed by atoms with Crippen LogP contribution in [0.1, 0.15) is 16.7 Å². The van der Waals surface area contributed by atoms with Crippen molar-refractivity contribution in [3.8, 4) is 5.75 Å². The largest absolute Gasteiger partial charge is 0.507 e. The molecule has 0 fully saturated rings. The van der Waals surface area contributed by atoms with Crippen LogP contribution in [0.3, 0.4) is 0 Å². The van der Waals surface area contributed by atoms with Crippen LogP contribution < -0.4 is 5.32 Å². The van der Waals surface area contributed by atoms with Crippen LogP contribution >= 0.6 is 0 Å². The third kappa shape index (κ3) is 2.35. The fourth-order valence-corrected chi connectivity index (χ4v) is 2.52. The van der Waals surface area contributed by atoms with Crippen LogP contribution in [0, 0.1) is 13.8 Å². The van der Waals surface area contributed by atoms with Crippen LogP contribution in [0.25, 0.3) is 10.9 Å². The zero-order chi connectivity index (χ0) is 14.1. The molecule has 1 heterocycles. The summed E-state index contributed by atoms with van der Waals surface area (Å²) in [7, 11) is 0. The number of phenolic OH excluding ortho intramolecular Hbond substituents is 1. The summed E-state index contributed by atoms with van der Waals surface area (Å²) in [5.74, 6) is 0.391. The monoisotopic (exact) mass is 266 g/mol. The Labute approximate surface area is 118 Å². The molecule has 3 nitrogen and oxygen atoms in total. The Hall–Kier alpha value is -2.42. The van der Waals surface area contributed by atoms with Crippen molar-refractivity contribution in [2.75, 3.05) is 5.32 Å². The number of aromatic amines is 1. The molecule has 0 aliphatic heterocycles. The van der Waals surface area contributed by atoms with Gasteiger partial charge in [-0.15, -0.1) is 0 Å². The number of benzene rings is 2. The minimum atomic E-state index is 0.391. The molecule has 3 heteroatoms. The quantitative estimate of drug-likeness (QED) is 0.668. The number of fused-ring (bicyclic) bond motifs is 1. The van der Waals surface area contributed by atoms with Gasteiger partial charge in [0, 0.05) is 29.3 Å². The number of aromatic hydroxyl groups is 1. The van der Waals surface area contributed by atoms with Crippen molar-refractivity contribution in [3.05, 3.63) is 59.3 Å². The Morgan fingerprint density at radius 3 is 2.55 bits per heavy atom. The van der Waals surface area contributed by atoms with Gasteiger partial charge in [0.2, 0.25) is 0 Å². The van der Waals surface area contributed by atoms with E-state index in [4.69, 9.17) is 0 Å². The van der Waals surface area contributed by atoms with Crippen LogP contribution in [0.2, 0.25) is 0 Å². The highest BCUT2D eigenvalue weighted by Crippen LogP contribution is 2.24. The molecule has 0 bridgehead atoms. The zero-order valence-electron chi connectivity index (χ0n) is 11.7. The smallest absolute Gasteiger partial charge is 0.121 e. The maximum atomic E-state index is 9.79. The summed E-state index contributed by atoms with van der Waals surface area (Å²) in [6, 6.07) is 12.4. The van der Waals surface area contributed by atoms with Crippen molar-refractivity contribution >= 4 is 16.6 Å². The molecule has 2 aromatic carbocycles. The van der Waals surface area contributed by atoms with E-state index in [1.165, 1.54) is 10.9 Å². The average molecular weight is 266 g/mol. The number of hydrogen-bond donors (Lipinski definition) is 3. The van der Waals surface area contributed by atoms with Gasteiger partial charge in [-0.3, -0.25) is 0 Å². The maximum Gasteiger partial charge on any atom is 0.121 e. The van der Waals surface area contributed by atoms with Crippen LogP contribution in [0.4, 0.5) is 5.69 Å². The summed E-state index contributed by atoms with van der Waals surface area (Å²) < 4.78 is 0. The summed E-state index contributed by atoms with van der Waals surface area (Å²) >= 11 is 0. The summed E-state index contributed by atoms with van der Waals surface area (Å²) in [4.78, 5) is 3.19. The Morgan fingerprint density at radius 2 is 1.80 bits per heavy atom. The fraction of sp³-hybridized carbons (Fsp3) is 0.176. The fourth-order valence-electron chi connectivity index (χ4n) is 2.52. The van der Waals surface area contributed by atoms with E-state index in [2.05, 4.69) is 34.6 Å². The molecule has 102 valence electrons. The van der Waals surface area contributed by atoms with E-state index in [1.54, 1.807) is 0 Å². The summed E-state index contributed by atoms with van der Waals surface area (Å²) in [6.07, 6.45) is 1.95. The Bertz CT molecular complexity index is 736. The van der Waals surface area contributed by atoms with Gasteiger partial charge < -0.3 is 15.4 Å². The van der Waals surface area contributed by atoms with Gasteiger partial charge in [-0.2, -0.15) is 0 Å². The zero-order valence-corrected chi connectivity index (χ0v) is 11.7. The second-order valence-corrected chi connectivity index (χ2v) is 5.21. The van der Waals surface area contributed by atoms with Crippen molar-refractivity contribution in [2.45, 2.75) is 20.4 Å². The number of aryl methyl sites for hydroxylation is 2. The summed E-state index contributed by atoms with van der Waals surface area (Å²) in [6.45, 7) is 4.60. The molecule has 3 N–H and O–H groups in total. The second-order valence-electron chi connectivity index (χ2n) is 5.21. The van der Waals surface area contributed by atoms with Crippen molar-refractivity contribution in [1.82, 2.24) is 4.98 Å². The standard InChI is InChI=1S/C17H18N2O/c1-11-7-13(8-12(2)17(11)20)10-19-15-3-4-16-14(9-15)5-6-18-16/h3-9,18-20H,10H2,1-2H3. The van der Waals surface area contributed by atoms with Gasteiger partial charge in [-0.25, -0.2) is 0 Å². The van der Waals surface area contributed by atoms with Gasteiger partial charge in [0.1, 0.15) is 5.75 Å². The van der Waals surface area contributed by atoms with E-state index in [1.807, 2.05) is 32.2 Å². The maximum absolute atomic E-state index is 9.79. The minimum Gasteiger partial charge on any atom is -0.507 e. The van der Waals surface area contributed by atoms with E-state index in [-0.39, 0.29) is 0 Å². The van der Waals surface area contributed by atoms with Gasteiger partial charge in [0.25, 0.3) is 0 Å². The third-order valence-electron chi connectivity index (χ3n) is 3.60. The minimum absolute atomic E-state index is 0.391. The molecule has 0 saturated carbocycles. The highest BCUT2D eigenvalue weighted by Gasteiger charge is 2.03. The van der Waals surface area contributed by atoms with Crippen LogP contribution in [0.15, 0.2) is 42.6 Å². The number of hydrogen-bond acceptors (Lipinski definition) is 2. The number of phenols is 1. The lowest BCUT2D eigenvalue weighted by Gasteiger charge is -2.10. The second kappa shape index (κ2) is 4.93. The Morgan fingerprint density at radius 1 is 1.05 bits per heavy atom. The molecule has 20 heavy (non-hydrogen) atoms. The molecular weight excluding hydrogens is 248 g/mol. The van der Waals surface area contributed by atoms with E-state index in [9.17, 15) is 5.11 Å². The van der Waals surface area contributed by atoms with Crippen LogP contribution in [-0.4, -0.2) is 10.1 Å². The number of H-pyrrole nitrogens is 1. The third-order valence-corrected chi connectivity index (χ3v) is 3.60. The molecule has 0 aliphatic rings. The Balaban J connectivity index is 1.78.